The SMILES string of the molecule is FC(F)(F)CC[SiH3]. The van der Waals surface area contributed by atoms with Crippen molar-refractivity contribution in [3.05, 3.63) is 0 Å². The van der Waals surface area contributed by atoms with Crippen LogP contribution in [0.2, 0.25) is 6.04 Å². The summed E-state index contributed by atoms with van der Waals surface area (Å²) < 4.78 is 33.2. The van der Waals surface area contributed by atoms with Crippen LogP contribution in [-0.2, 0) is 0 Å². The number of hydrogen-bond donors (Lipinski definition) is 0. The Morgan fingerprint density at radius 1 is 1.29 bits per heavy atom. The summed E-state index contributed by atoms with van der Waals surface area (Å²) in [5, 5.41) is 0. The van der Waals surface area contributed by atoms with Crippen molar-refractivity contribution in [2.75, 3.05) is 0 Å². The monoisotopic (exact) mass is 128 g/mol. The number of halogens is 3. The minimum atomic E-state index is -3.91. The van der Waals surface area contributed by atoms with Crippen LogP contribution in [0.3, 0.4) is 0 Å². The van der Waals surface area contributed by atoms with E-state index in [2.05, 4.69) is 0 Å². The van der Waals surface area contributed by atoms with Crippen LogP contribution in [0.5, 0.6) is 0 Å². The standard InChI is InChI=1S/C3H7F3Si/c4-3(5,6)1-2-7/h1-2H2,7H3. The fraction of sp³-hybridized carbons (Fsp3) is 1.00. The normalized spacial score (nSPS) is 12.4. The molecule has 0 amide bonds. The van der Waals surface area contributed by atoms with Crippen LogP contribution in [0.25, 0.3) is 0 Å². The molecule has 0 aliphatic rings. The highest BCUT2D eigenvalue weighted by Crippen LogP contribution is 2.20. The summed E-state index contributed by atoms with van der Waals surface area (Å²) in [6, 6.07) is 0.323. The molecule has 0 heterocycles. The smallest absolute Gasteiger partial charge is 0.171 e. The van der Waals surface area contributed by atoms with Crippen molar-refractivity contribution < 1.29 is 13.2 Å². The van der Waals surface area contributed by atoms with Crippen LogP contribution in [0.1, 0.15) is 6.42 Å². The molecule has 0 radical (unpaired) electrons. The average molecular weight is 128 g/mol. The highest BCUT2D eigenvalue weighted by molar-refractivity contribution is 6.08. The van der Waals surface area contributed by atoms with E-state index in [1.54, 1.807) is 0 Å². The molecule has 0 bridgehead atoms. The van der Waals surface area contributed by atoms with E-state index in [1.165, 1.54) is 0 Å². The molecule has 0 aromatic carbocycles. The Bertz CT molecular complexity index is 48.6. The summed E-state index contributed by atoms with van der Waals surface area (Å²) in [5.74, 6) is 0. The molecule has 0 aromatic rings. The van der Waals surface area contributed by atoms with Crippen LogP contribution in [0.4, 0.5) is 13.2 Å². The van der Waals surface area contributed by atoms with Crippen molar-refractivity contribution in [2.45, 2.75) is 18.6 Å². The van der Waals surface area contributed by atoms with Crippen molar-refractivity contribution in [1.82, 2.24) is 0 Å². The quantitative estimate of drug-likeness (QED) is 0.456. The summed E-state index contributed by atoms with van der Waals surface area (Å²) in [5.41, 5.74) is 0. The van der Waals surface area contributed by atoms with Gasteiger partial charge in [0.25, 0.3) is 0 Å². The van der Waals surface area contributed by atoms with E-state index in [4.69, 9.17) is 0 Å². The second-order valence-electron chi connectivity index (χ2n) is 1.37. The first-order valence-corrected chi connectivity index (χ1v) is 3.54. The number of hydrogen-bond acceptors (Lipinski definition) is 0. The van der Waals surface area contributed by atoms with Gasteiger partial charge in [-0.25, -0.2) is 0 Å². The largest absolute Gasteiger partial charge is 0.388 e. The van der Waals surface area contributed by atoms with Crippen molar-refractivity contribution in [1.29, 1.82) is 0 Å². The summed E-state index contributed by atoms with van der Waals surface area (Å²) >= 11 is 0. The first kappa shape index (κ1) is 7.01. The molecule has 0 rings (SSSR count). The Morgan fingerprint density at radius 3 is 1.71 bits per heavy atom. The molecule has 0 spiro atoms. The van der Waals surface area contributed by atoms with Crippen molar-refractivity contribution in [3.63, 3.8) is 0 Å². The van der Waals surface area contributed by atoms with E-state index in [0.717, 1.165) is 0 Å². The Morgan fingerprint density at radius 2 is 1.71 bits per heavy atom. The molecule has 4 heteroatoms. The van der Waals surface area contributed by atoms with Gasteiger partial charge in [-0.2, -0.15) is 13.2 Å². The summed E-state index contributed by atoms with van der Waals surface area (Å²) in [4.78, 5) is 0. The van der Waals surface area contributed by atoms with Crippen LogP contribution in [0, 0.1) is 0 Å². The third-order valence-corrected chi connectivity index (χ3v) is 1.03. The third-order valence-electron chi connectivity index (χ3n) is 0.533. The zero-order valence-electron chi connectivity index (χ0n) is 4.05. The van der Waals surface area contributed by atoms with Crippen molar-refractivity contribution >= 4 is 10.2 Å². The van der Waals surface area contributed by atoms with Crippen LogP contribution in [-0.4, -0.2) is 16.4 Å². The van der Waals surface area contributed by atoms with Gasteiger partial charge in [-0.15, -0.1) is 0 Å². The molecule has 44 valence electrons. The number of rotatable bonds is 1. The molecule has 0 aliphatic carbocycles. The molecule has 0 saturated heterocycles. The fourth-order valence-electron chi connectivity index (χ4n) is 0.283. The Balaban J connectivity index is 3.15. The van der Waals surface area contributed by atoms with Gasteiger partial charge in [0.15, 0.2) is 0 Å². The number of alkyl halides is 3. The molecule has 0 nitrogen and oxygen atoms in total. The molecular weight excluding hydrogens is 121 g/mol. The van der Waals surface area contributed by atoms with Gasteiger partial charge in [0.05, 0.1) is 0 Å². The summed E-state index contributed by atoms with van der Waals surface area (Å²) in [6.07, 6.45) is -4.51. The van der Waals surface area contributed by atoms with Gasteiger partial charge in [0, 0.05) is 16.7 Å². The van der Waals surface area contributed by atoms with Crippen LogP contribution in [0.15, 0.2) is 0 Å². The predicted octanol–water partition coefficient (Wildman–Crippen LogP) is 0.722. The van der Waals surface area contributed by atoms with Gasteiger partial charge >= 0.3 is 6.18 Å². The lowest BCUT2D eigenvalue weighted by atomic mass is 10.5. The lowest BCUT2D eigenvalue weighted by Gasteiger charge is -2.00. The zero-order chi connectivity index (χ0) is 5.91. The van der Waals surface area contributed by atoms with Crippen molar-refractivity contribution in [2.24, 2.45) is 0 Å². The van der Waals surface area contributed by atoms with Gasteiger partial charge in [0.1, 0.15) is 0 Å². The van der Waals surface area contributed by atoms with Gasteiger partial charge in [-0.3, -0.25) is 0 Å². The summed E-state index contributed by atoms with van der Waals surface area (Å²) in [6.45, 7) is 0. The van der Waals surface area contributed by atoms with E-state index in [1.807, 2.05) is 0 Å². The van der Waals surface area contributed by atoms with E-state index < -0.39 is 12.6 Å². The van der Waals surface area contributed by atoms with E-state index in [0.29, 0.717) is 16.3 Å². The molecule has 0 unspecified atom stereocenters. The van der Waals surface area contributed by atoms with E-state index in [-0.39, 0.29) is 0 Å². The lowest BCUT2D eigenvalue weighted by molar-refractivity contribution is -0.130. The van der Waals surface area contributed by atoms with Crippen molar-refractivity contribution in [3.8, 4) is 0 Å². The topological polar surface area (TPSA) is 0 Å². The molecule has 0 N–H and O–H groups in total. The Kier molecular flexibility index (Phi) is 2.35. The summed E-state index contributed by atoms with van der Waals surface area (Å²) in [7, 11) is 0.650. The molecule has 0 atom stereocenters. The first-order valence-electron chi connectivity index (χ1n) is 2.13. The maximum Gasteiger partial charge on any atom is 0.388 e. The Labute approximate surface area is 43.1 Å². The molecule has 7 heavy (non-hydrogen) atoms. The van der Waals surface area contributed by atoms with Gasteiger partial charge < -0.3 is 0 Å². The molecular formula is C3H7F3Si. The average Bonchev–Trinajstić information content (AvgIpc) is 1.30. The van der Waals surface area contributed by atoms with Gasteiger partial charge in [0.2, 0.25) is 0 Å². The van der Waals surface area contributed by atoms with E-state index >= 15 is 0 Å². The minimum Gasteiger partial charge on any atom is -0.171 e. The maximum absolute atomic E-state index is 11.1. The second kappa shape index (κ2) is 2.35. The lowest BCUT2D eigenvalue weighted by Crippen LogP contribution is -2.05. The molecule has 0 saturated carbocycles. The molecule has 0 fully saturated rings. The molecule has 0 aromatic heterocycles. The van der Waals surface area contributed by atoms with Crippen LogP contribution < -0.4 is 0 Å². The minimum absolute atomic E-state index is 0.323. The van der Waals surface area contributed by atoms with Gasteiger partial charge in [-0.1, -0.05) is 6.04 Å². The third kappa shape index (κ3) is 6.01. The highest BCUT2D eigenvalue weighted by atomic mass is 28.1. The second-order valence-corrected chi connectivity index (χ2v) is 2.37. The van der Waals surface area contributed by atoms with E-state index in [9.17, 15) is 13.2 Å². The van der Waals surface area contributed by atoms with Crippen LogP contribution >= 0.6 is 0 Å². The Hall–Kier alpha value is 0.00688. The maximum atomic E-state index is 11.1. The first-order chi connectivity index (χ1) is 3.06. The fourth-order valence-corrected chi connectivity index (χ4v) is 0.850. The highest BCUT2D eigenvalue weighted by Gasteiger charge is 2.24. The van der Waals surface area contributed by atoms with Gasteiger partial charge in [-0.05, 0) is 0 Å². The predicted molar refractivity (Wildman–Crippen MR) is 25.4 cm³/mol. The zero-order valence-corrected chi connectivity index (χ0v) is 6.05. The molecule has 0 aliphatic heterocycles.